The van der Waals surface area contributed by atoms with E-state index in [2.05, 4.69) is 20.7 Å². The van der Waals surface area contributed by atoms with Crippen LogP contribution in [-0.4, -0.2) is 32.6 Å². The number of nitrogens with zero attached hydrogens (tertiary/aromatic N) is 3. The number of rotatable bonds is 8. The summed E-state index contributed by atoms with van der Waals surface area (Å²) in [5, 5.41) is 21.4. The first-order valence-corrected chi connectivity index (χ1v) is 12.9. The van der Waals surface area contributed by atoms with Crippen LogP contribution in [0.5, 0.6) is 11.6 Å². The van der Waals surface area contributed by atoms with Crippen LogP contribution in [0.25, 0.3) is 5.65 Å². The van der Waals surface area contributed by atoms with Crippen molar-refractivity contribution in [3.8, 4) is 11.6 Å². The standard InChI is InChI=1S/C28H22N6O3S/c29-17-28(10-11-28)20-4-1-3-18(13-20)26(35)30-21-5-2-6-22(14-21)37-25-8-7-24-31-23(15-34(24)33-25)32-27(36)19-9-12-38-16-19/h1-9,12-17,29H,10-11H2,(H,30,35)(H,32,36). The lowest BCUT2D eigenvalue weighted by molar-refractivity contribution is 0.101. The van der Waals surface area contributed by atoms with Crippen molar-refractivity contribution in [3.05, 3.63) is 100 Å². The molecule has 3 N–H and O–H groups in total. The summed E-state index contributed by atoms with van der Waals surface area (Å²) in [6.45, 7) is 0. The van der Waals surface area contributed by atoms with E-state index in [4.69, 9.17) is 10.1 Å². The average Bonchev–Trinajstić information content (AvgIpc) is 3.33. The number of ether oxygens (including phenoxy) is 1. The quantitative estimate of drug-likeness (QED) is 0.223. The van der Waals surface area contributed by atoms with Crippen molar-refractivity contribution in [2.45, 2.75) is 18.3 Å². The number of amides is 2. The topological polar surface area (TPSA) is 121 Å². The molecule has 2 aromatic carbocycles. The van der Waals surface area contributed by atoms with E-state index in [9.17, 15) is 9.59 Å². The lowest BCUT2D eigenvalue weighted by Gasteiger charge is -2.12. The fourth-order valence-corrected chi connectivity index (χ4v) is 4.78. The molecule has 2 amide bonds. The first-order valence-electron chi connectivity index (χ1n) is 11.9. The molecule has 1 aliphatic carbocycles. The van der Waals surface area contributed by atoms with Crippen molar-refractivity contribution in [2.24, 2.45) is 0 Å². The van der Waals surface area contributed by atoms with E-state index in [0.717, 1.165) is 18.4 Å². The Kier molecular flexibility index (Phi) is 5.93. The molecule has 0 spiro atoms. The molecule has 188 valence electrons. The highest BCUT2D eigenvalue weighted by atomic mass is 32.1. The molecule has 1 fully saturated rings. The molecule has 10 heteroatoms. The van der Waals surface area contributed by atoms with Gasteiger partial charge in [-0.15, -0.1) is 5.10 Å². The van der Waals surface area contributed by atoms with Gasteiger partial charge in [0.05, 0.1) is 11.8 Å². The van der Waals surface area contributed by atoms with Gasteiger partial charge in [-0.3, -0.25) is 9.59 Å². The summed E-state index contributed by atoms with van der Waals surface area (Å²) in [7, 11) is 0. The molecule has 0 bridgehead atoms. The molecule has 6 rings (SSSR count). The Labute approximate surface area is 221 Å². The summed E-state index contributed by atoms with van der Waals surface area (Å²) in [6, 6.07) is 19.6. The molecule has 0 saturated heterocycles. The van der Waals surface area contributed by atoms with Gasteiger partial charge in [0, 0.05) is 40.4 Å². The van der Waals surface area contributed by atoms with Crippen molar-refractivity contribution in [1.82, 2.24) is 14.6 Å². The number of hydrogen-bond donors (Lipinski definition) is 3. The Bertz CT molecular complexity index is 1670. The Hall–Kier alpha value is -4.83. The predicted octanol–water partition coefficient (Wildman–Crippen LogP) is 5.77. The maximum atomic E-state index is 12.9. The monoisotopic (exact) mass is 522 g/mol. The van der Waals surface area contributed by atoms with E-state index in [1.807, 2.05) is 23.6 Å². The second-order valence-electron chi connectivity index (χ2n) is 9.03. The van der Waals surface area contributed by atoms with Crippen LogP contribution in [-0.2, 0) is 5.41 Å². The average molecular weight is 523 g/mol. The first-order chi connectivity index (χ1) is 18.5. The highest BCUT2D eigenvalue weighted by molar-refractivity contribution is 7.08. The number of nitrogens with one attached hydrogen (secondary N) is 3. The van der Waals surface area contributed by atoms with Gasteiger partial charge in [-0.2, -0.15) is 11.3 Å². The second-order valence-corrected chi connectivity index (χ2v) is 9.81. The molecule has 3 heterocycles. The highest BCUT2D eigenvalue weighted by Crippen LogP contribution is 2.46. The third kappa shape index (κ3) is 4.76. The summed E-state index contributed by atoms with van der Waals surface area (Å²) in [4.78, 5) is 29.6. The molecule has 0 atom stereocenters. The van der Waals surface area contributed by atoms with Gasteiger partial charge in [-0.25, -0.2) is 9.50 Å². The van der Waals surface area contributed by atoms with Crippen LogP contribution in [0.15, 0.2) is 83.7 Å². The van der Waals surface area contributed by atoms with Gasteiger partial charge in [0.2, 0.25) is 5.88 Å². The zero-order valence-electron chi connectivity index (χ0n) is 20.0. The van der Waals surface area contributed by atoms with Crippen molar-refractivity contribution in [1.29, 1.82) is 5.41 Å². The van der Waals surface area contributed by atoms with Crippen LogP contribution in [0.3, 0.4) is 0 Å². The lowest BCUT2D eigenvalue weighted by atomic mass is 9.95. The highest BCUT2D eigenvalue weighted by Gasteiger charge is 2.42. The van der Waals surface area contributed by atoms with E-state index >= 15 is 0 Å². The lowest BCUT2D eigenvalue weighted by Crippen LogP contribution is -2.14. The zero-order chi connectivity index (χ0) is 26.1. The molecular weight excluding hydrogens is 500 g/mol. The smallest absolute Gasteiger partial charge is 0.257 e. The number of imidazole rings is 1. The zero-order valence-corrected chi connectivity index (χ0v) is 20.9. The van der Waals surface area contributed by atoms with Crippen molar-refractivity contribution in [3.63, 3.8) is 0 Å². The van der Waals surface area contributed by atoms with E-state index in [0.29, 0.717) is 39.9 Å². The molecule has 0 radical (unpaired) electrons. The van der Waals surface area contributed by atoms with Crippen molar-refractivity contribution >= 4 is 46.5 Å². The van der Waals surface area contributed by atoms with Gasteiger partial charge in [-0.1, -0.05) is 18.2 Å². The van der Waals surface area contributed by atoms with Crippen LogP contribution in [0, 0.1) is 5.41 Å². The van der Waals surface area contributed by atoms with Crippen LogP contribution in [0.2, 0.25) is 0 Å². The van der Waals surface area contributed by atoms with Crippen molar-refractivity contribution in [2.75, 3.05) is 10.6 Å². The van der Waals surface area contributed by atoms with Gasteiger partial charge < -0.3 is 20.8 Å². The SMILES string of the molecule is N=CC1(c2cccc(C(=O)Nc3cccc(Oc4ccc5nc(NC(=O)c6ccsc6)cn5n4)c3)c2)CC1. The molecule has 38 heavy (non-hydrogen) atoms. The maximum absolute atomic E-state index is 12.9. The third-order valence-corrected chi connectivity index (χ3v) is 7.08. The van der Waals surface area contributed by atoms with Gasteiger partial charge >= 0.3 is 0 Å². The Morgan fingerprint density at radius 3 is 2.63 bits per heavy atom. The molecule has 1 aliphatic rings. The van der Waals surface area contributed by atoms with Gasteiger partial charge in [0.25, 0.3) is 11.8 Å². The van der Waals surface area contributed by atoms with E-state index in [1.54, 1.807) is 60.1 Å². The van der Waals surface area contributed by atoms with Gasteiger partial charge in [-0.05, 0) is 60.2 Å². The Morgan fingerprint density at radius 2 is 1.84 bits per heavy atom. The van der Waals surface area contributed by atoms with Crippen LogP contribution >= 0.6 is 11.3 Å². The number of carbonyl (C=O) groups is 2. The number of thiophene rings is 1. The summed E-state index contributed by atoms with van der Waals surface area (Å²) in [5.41, 5.74) is 3.01. The van der Waals surface area contributed by atoms with Gasteiger partial charge in [0.15, 0.2) is 11.5 Å². The van der Waals surface area contributed by atoms with Crippen LogP contribution < -0.4 is 15.4 Å². The largest absolute Gasteiger partial charge is 0.438 e. The molecule has 5 aromatic rings. The predicted molar refractivity (Wildman–Crippen MR) is 146 cm³/mol. The minimum absolute atomic E-state index is 0.218. The number of anilines is 2. The third-order valence-electron chi connectivity index (χ3n) is 6.40. The molecular formula is C28H22N6O3S. The molecule has 0 unspecified atom stereocenters. The Morgan fingerprint density at radius 1 is 1.00 bits per heavy atom. The minimum Gasteiger partial charge on any atom is -0.438 e. The molecule has 3 aromatic heterocycles. The molecule has 0 aliphatic heterocycles. The number of fused-ring (bicyclic) bond motifs is 1. The summed E-state index contributed by atoms with van der Waals surface area (Å²) in [5.74, 6) is 0.726. The number of hydrogen-bond acceptors (Lipinski definition) is 7. The number of aromatic nitrogens is 3. The van der Waals surface area contributed by atoms with Crippen molar-refractivity contribution < 1.29 is 14.3 Å². The maximum Gasteiger partial charge on any atom is 0.257 e. The first kappa shape index (κ1) is 23.6. The van der Waals surface area contributed by atoms with E-state index in [1.165, 1.54) is 22.1 Å². The van der Waals surface area contributed by atoms with Gasteiger partial charge in [0.1, 0.15) is 5.75 Å². The fourth-order valence-electron chi connectivity index (χ4n) is 4.14. The summed E-state index contributed by atoms with van der Waals surface area (Å²) >= 11 is 1.45. The Balaban J connectivity index is 1.14. The fraction of sp³-hybridized carbons (Fsp3) is 0.107. The second kappa shape index (κ2) is 9.56. The summed E-state index contributed by atoms with van der Waals surface area (Å²) in [6.07, 6.45) is 4.96. The van der Waals surface area contributed by atoms with E-state index < -0.39 is 0 Å². The molecule has 1 saturated carbocycles. The van der Waals surface area contributed by atoms with Crippen LogP contribution in [0.1, 0.15) is 39.1 Å². The number of carbonyl (C=O) groups excluding carboxylic acids is 2. The number of benzene rings is 2. The minimum atomic E-state index is -0.238. The molecule has 9 nitrogen and oxygen atoms in total. The van der Waals surface area contributed by atoms with E-state index in [-0.39, 0.29) is 17.2 Å². The normalized spacial score (nSPS) is 13.6. The summed E-state index contributed by atoms with van der Waals surface area (Å²) < 4.78 is 7.45. The van der Waals surface area contributed by atoms with Crippen LogP contribution in [0.4, 0.5) is 11.5 Å².